The van der Waals surface area contributed by atoms with Gasteiger partial charge in [-0.2, -0.15) is 5.10 Å². The molecule has 0 spiro atoms. The Morgan fingerprint density at radius 3 is 2.55 bits per heavy atom. The second kappa shape index (κ2) is 4.77. The third-order valence-electron chi connectivity index (χ3n) is 2.98. The number of rotatable bonds is 2. The van der Waals surface area contributed by atoms with Crippen LogP contribution in [-0.4, -0.2) is 15.3 Å². The van der Waals surface area contributed by atoms with Crippen molar-refractivity contribution in [3.8, 4) is 28.3 Å². The predicted molar refractivity (Wildman–Crippen MR) is 71.0 cm³/mol. The minimum absolute atomic E-state index is 0.0852. The van der Waals surface area contributed by atoms with E-state index in [-0.39, 0.29) is 17.1 Å². The highest BCUT2D eigenvalue weighted by Crippen LogP contribution is 2.31. The molecule has 1 heterocycles. The Hall–Kier alpha value is -2.69. The molecule has 0 saturated heterocycles. The first kappa shape index (κ1) is 12.3. The van der Waals surface area contributed by atoms with E-state index in [1.165, 1.54) is 18.2 Å². The molecule has 3 aromatic rings. The molecule has 2 N–H and O–H groups in total. The summed E-state index contributed by atoms with van der Waals surface area (Å²) < 4.78 is 26.9. The van der Waals surface area contributed by atoms with Crippen LogP contribution in [0.25, 0.3) is 22.5 Å². The lowest BCUT2D eigenvalue weighted by Gasteiger charge is -2.00. The van der Waals surface area contributed by atoms with E-state index in [0.717, 1.165) is 6.07 Å². The van der Waals surface area contributed by atoms with Gasteiger partial charge in [0.25, 0.3) is 0 Å². The first-order valence-corrected chi connectivity index (χ1v) is 5.94. The molecular formula is C15H10F2N2O. The van der Waals surface area contributed by atoms with E-state index in [9.17, 15) is 13.9 Å². The predicted octanol–water partition coefficient (Wildman–Crippen LogP) is 3.73. The topological polar surface area (TPSA) is 48.9 Å². The minimum atomic E-state index is -0.478. The molecule has 5 heteroatoms. The van der Waals surface area contributed by atoms with Gasteiger partial charge < -0.3 is 5.11 Å². The lowest BCUT2D eigenvalue weighted by Crippen LogP contribution is -1.82. The summed E-state index contributed by atoms with van der Waals surface area (Å²) in [4.78, 5) is 0. The Bertz CT molecular complexity index is 768. The largest absolute Gasteiger partial charge is 0.507 e. The van der Waals surface area contributed by atoms with E-state index in [2.05, 4.69) is 10.2 Å². The number of aromatic hydroxyl groups is 1. The fraction of sp³-hybridized carbons (Fsp3) is 0. The Labute approximate surface area is 113 Å². The summed E-state index contributed by atoms with van der Waals surface area (Å²) in [6, 6.07) is 11.4. The van der Waals surface area contributed by atoms with Crippen LogP contribution in [-0.2, 0) is 0 Å². The summed E-state index contributed by atoms with van der Waals surface area (Å²) in [5.41, 5.74) is 1.42. The first-order chi connectivity index (χ1) is 9.65. The standard InChI is InChI=1S/C15H10F2N2O/c16-9-5-6-15(20)11(7-9)14-8-13(18-19-14)10-3-1-2-4-12(10)17/h1-8,20H,(H,18,19). The number of aromatic amines is 1. The van der Waals surface area contributed by atoms with Gasteiger partial charge in [-0.15, -0.1) is 0 Å². The van der Waals surface area contributed by atoms with Gasteiger partial charge >= 0.3 is 0 Å². The molecule has 3 rings (SSSR count). The zero-order valence-electron chi connectivity index (χ0n) is 10.3. The summed E-state index contributed by atoms with van der Waals surface area (Å²) in [5, 5.41) is 16.4. The third-order valence-corrected chi connectivity index (χ3v) is 2.98. The fourth-order valence-electron chi connectivity index (χ4n) is 1.99. The number of phenols is 1. The molecule has 0 saturated carbocycles. The average molecular weight is 272 g/mol. The van der Waals surface area contributed by atoms with E-state index in [4.69, 9.17) is 0 Å². The number of halogens is 2. The fourth-order valence-corrected chi connectivity index (χ4v) is 1.99. The van der Waals surface area contributed by atoms with E-state index < -0.39 is 5.82 Å². The maximum atomic E-state index is 13.7. The number of H-pyrrole nitrogens is 1. The van der Waals surface area contributed by atoms with Crippen LogP contribution in [0.2, 0.25) is 0 Å². The molecule has 100 valence electrons. The maximum Gasteiger partial charge on any atom is 0.132 e. The Morgan fingerprint density at radius 2 is 1.75 bits per heavy atom. The zero-order chi connectivity index (χ0) is 14.1. The van der Waals surface area contributed by atoms with Gasteiger partial charge in [0.2, 0.25) is 0 Å². The van der Waals surface area contributed by atoms with Crippen LogP contribution >= 0.6 is 0 Å². The van der Waals surface area contributed by atoms with Crippen LogP contribution in [0, 0.1) is 11.6 Å². The van der Waals surface area contributed by atoms with E-state index in [1.54, 1.807) is 24.3 Å². The number of nitrogens with zero attached hydrogens (tertiary/aromatic N) is 1. The van der Waals surface area contributed by atoms with Crippen LogP contribution in [0.15, 0.2) is 48.5 Å². The number of nitrogens with one attached hydrogen (secondary N) is 1. The normalized spacial score (nSPS) is 10.7. The molecule has 0 amide bonds. The molecule has 0 bridgehead atoms. The molecule has 0 unspecified atom stereocenters. The molecule has 0 fully saturated rings. The Kier molecular flexibility index (Phi) is 2.95. The Morgan fingerprint density at radius 1 is 0.950 bits per heavy atom. The highest BCUT2D eigenvalue weighted by molar-refractivity contribution is 5.72. The van der Waals surface area contributed by atoms with Crippen molar-refractivity contribution in [3.05, 3.63) is 60.2 Å². The van der Waals surface area contributed by atoms with Gasteiger partial charge in [0, 0.05) is 11.1 Å². The second-order valence-electron chi connectivity index (χ2n) is 4.31. The van der Waals surface area contributed by atoms with Crippen LogP contribution in [0.3, 0.4) is 0 Å². The van der Waals surface area contributed by atoms with Crippen LogP contribution < -0.4 is 0 Å². The van der Waals surface area contributed by atoms with Gasteiger partial charge in [0.05, 0.1) is 11.4 Å². The van der Waals surface area contributed by atoms with Gasteiger partial charge in [-0.1, -0.05) is 12.1 Å². The number of aromatic nitrogens is 2. The molecule has 3 nitrogen and oxygen atoms in total. The lowest BCUT2D eigenvalue weighted by atomic mass is 10.1. The average Bonchev–Trinajstić information content (AvgIpc) is 2.91. The van der Waals surface area contributed by atoms with Gasteiger partial charge in [0.15, 0.2) is 0 Å². The maximum absolute atomic E-state index is 13.7. The number of benzene rings is 2. The Balaban J connectivity index is 2.07. The summed E-state index contributed by atoms with van der Waals surface area (Å²) >= 11 is 0. The van der Waals surface area contributed by atoms with Crippen molar-refractivity contribution in [2.75, 3.05) is 0 Å². The summed E-state index contributed by atoms with van der Waals surface area (Å²) in [6.45, 7) is 0. The smallest absolute Gasteiger partial charge is 0.132 e. The molecule has 0 radical (unpaired) electrons. The van der Waals surface area contributed by atoms with Crippen LogP contribution in [0.1, 0.15) is 0 Å². The molecular weight excluding hydrogens is 262 g/mol. The summed E-state index contributed by atoms with van der Waals surface area (Å²) in [7, 11) is 0. The van der Waals surface area contributed by atoms with Gasteiger partial charge in [-0.05, 0) is 36.4 Å². The molecule has 1 aromatic heterocycles. The molecule has 0 aliphatic heterocycles. The molecule has 2 aromatic carbocycles. The molecule has 0 atom stereocenters. The van der Waals surface area contributed by atoms with Crippen LogP contribution in [0.4, 0.5) is 8.78 Å². The second-order valence-corrected chi connectivity index (χ2v) is 4.31. The summed E-state index contributed by atoms with van der Waals surface area (Å²) in [5.74, 6) is -0.947. The SMILES string of the molecule is Oc1ccc(F)cc1-c1cc(-c2ccccc2F)[nH]n1. The quantitative estimate of drug-likeness (QED) is 0.746. The number of phenolic OH excluding ortho intramolecular Hbond substituents is 1. The van der Waals surface area contributed by atoms with Crippen molar-refractivity contribution < 1.29 is 13.9 Å². The lowest BCUT2D eigenvalue weighted by molar-refractivity contribution is 0.475. The molecule has 0 aliphatic rings. The zero-order valence-corrected chi connectivity index (χ0v) is 10.3. The van der Waals surface area contributed by atoms with E-state index >= 15 is 0 Å². The highest BCUT2D eigenvalue weighted by atomic mass is 19.1. The van der Waals surface area contributed by atoms with E-state index in [0.29, 0.717) is 17.0 Å². The van der Waals surface area contributed by atoms with E-state index in [1.807, 2.05) is 0 Å². The third kappa shape index (κ3) is 2.14. The van der Waals surface area contributed by atoms with Crippen molar-refractivity contribution in [3.63, 3.8) is 0 Å². The van der Waals surface area contributed by atoms with Gasteiger partial charge in [0.1, 0.15) is 17.4 Å². The van der Waals surface area contributed by atoms with Gasteiger partial charge in [-0.25, -0.2) is 8.78 Å². The molecule has 0 aliphatic carbocycles. The van der Waals surface area contributed by atoms with Crippen molar-refractivity contribution in [2.24, 2.45) is 0 Å². The number of hydrogen-bond acceptors (Lipinski definition) is 2. The van der Waals surface area contributed by atoms with Crippen LogP contribution in [0.5, 0.6) is 5.75 Å². The highest BCUT2D eigenvalue weighted by Gasteiger charge is 2.12. The first-order valence-electron chi connectivity index (χ1n) is 5.94. The van der Waals surface area contributed by atoms with Crippen molar-refractivity contribution in [1.29, 1.82) is 0 Å². The van der Waals surface area contributed by atoms with Crippen molar-refractivity contribution in [2.45, 2.75) is 0 Å². The van der Waals surface area contributed by atoms with Gasteiger partial charge in [-0.3, -0.25) is 5.10 Å². The van der Waals surface area contributed by atoms with Crippen molar-refractivity contribution >= 4 is 0 Å². The van der Waals surface area contributed by atoms with Crippen molar-refractivity contribution in [1.82, 2.24) is 10.2 Å². The minimum Gasteiger partial charge on any atom is -0.507 e. The number of hydrogen-bond donors (Lipinski definition) is 2. The molecule has 20 heavy (non-hydrogen) atoms. The summed E-state index contributed by atoms with van der Waals surface area (Å²) in [6.07, 6.45) is 0. The monoisotopic (exact) mass is 272 g/mol.